The Morgan fingerprint density at radius 3 is 2.81 bits per heavy atom. The highest BCUT2D eigenvalue weighted by atomic mass is 16.1. The normalized spacial score (nSPS) is 19.2. The highest BCUT2D eigenvalue weighted by Crippen LogP contribution is 2.42. The topological polar surface area (TPSA) is 64.7 Å². The van der Waals surface area contributed by atoms with Gasteiger partial charge in [0, 0.05) is 37.3 Å². The molecule has 5 rings (SSSR count). The fourth-order valence-electron chi connectivity index (χ4n) is 3.80. The lowest BCUT2D eigenvalue weighted by Gasteiger charge is -2.24. The first-order valence-electron chi connectivity index (χ1n) is 9.24. The molecule has 1 fully saturated rings. The van der Waals surface area contributed by atoms with Crippen LogP contribution in [0.3, 0.4) is 0 Å². The number of hydrogen-bond donors (Lipinski definition) is 1. The van der Waals surface area contributed by atoms with E-state index in [-0.39, 0.29) is 11.9 Å². The molecule has 1 amide bonds. The van der Waals surface area contributed by atoms with Crippen molar-refractivity contribution in [1.82, 2.24) is 24.6 Å². The number of para-hydroxylation sites is 1. The van der Waals surface area contributed by atoms with Crippen LogP contribution in [0.1, 0.15) is 47.1 Å². The van der Waals surface area contributed by atoms with E-state index < -0.39 is 0 Å². The van der Waals surface area contributed by atoms with Crippen molar-refractivity contribution in [1.29, 1.82) is 0 Å². The molecule has 1 aliphatic carbocycles. The summed E-state index contributed by atoms with van der Waals surface area (Å²) in [5.74, 6) is 1.53. The molecule has 1 N–H and O–H groups in total. The van der Waals surface area contributed by atoms with Gasteiger partial charge in [0.15, 0.2) is 0 Å². The Morgan fingerprint density at radius 1 is 1.15 bits per heavy atom. The number of nitrogens with zero attached hydrogens (tertiary/aromatic N) is 4. The van der Waals surface area contributed by atoms with Crippen LogP contribution in [0, 0.1) is 0 Å². The maximum absolute atomic E-state index is 13.0. The van der Waals surface area contributed by atoms with Crippen LogP contribution in [-0.2, 0) is 13.0 Å². The molecule has 1 atom stereocenters. The number of hydrogen-bond acceptors (Lipinski definition) is 3. The number of imidazole rings is 1. The summed E-state index contributed by atoms with van der Waals surface area (Å²) < 4.78 is 4.06. The van der Waals surface area contributed by atoms with E-state index in [1.54, 1.807) is 6.20 Å². The Hall–Kier alpha value is -2.89. The van der Waals surface area contributed by atoms with Crippen molar-refractivity contribution in [3.8, 4) is 5.69 Å². The van der Waals surface area contributed by atoms with Gasteiger partial charge < -0.3 is 9.88 Å². The van der Waals surface area contributed by atoms with Crippen molar-refractivity contribution in [3.05, 3.63) is 66.0 Å². The van der Waals surface area contributed by atoms with E-state index in [4.69, 9.17) is 0 Å². The minimum absolute atomic E-state index is 0.0114. The molecule has 6 nitrogen and oxygen atoms in total. The first-order valence-corrected chi connectivity index (χ1v) is 9.24. The second-order valence-corrected chi connectivity index (χ2v) is 7.17. The lowest BCUT2D eigenvalue weighted by atomic mass is 10.1. The Morgan fingerprint density at radius 2 is 2.00 bits per heavy atom. The molecule has 0 saturated heterocycles. The molecule has 2 aromatic heterocycles. The number of carbonyl (C=O) groups excluding carboxylic acids is 1. The second-order valence-electron chi connectivity index (χ2n) is 7.17. The third kappa shape index (κ3) is 2.71. The number of benzene rings is 1. The van der Waals surface area contributed by atoms with Crippen molar-refractivity contribution < 1.29 is 4.79 Å². The first kappa shape index (κ1) is 15.4. The van der Waals surface area contributed by atoms with Crippen LogP contribution in [-0.4, -0.2) is 31.3 Å². The summed E-state index contributed by atoms with van der Waals surface area (Å²) in [4.78, 5) is 17.3. The molecule has 3 aromatic rings. The van der Waals surface area contributed by atoms with Gasteiger partial charge in [0.2, 0.25) is 0 Å². The Labute approximate surface area is 151 Å². The third-order valence-electron chi connectivity index (χ3n) is 5.29. The van der Waals surface area contributed by atoms with Crippen LogP contribution in [0.2, 0.25) is 0 Å². The van der Waals surface area contributed by atoms with Gasteiger partial charge in [-0.25, -0.2) is 9.67 Å². The number of fused-ring (bicyclic) bond motifs is 1. The van der Waals surface area contributed by atoms with Crippen LogP contribution in [0.4, 0.5) is 0 Å². The monoisotopic (exact) mass is 347 g/mol. The molecule has 6 heteroatoms. The molecule has 0 bridgehead atoms. The summed E-state index contributed by atoms with van der Waals surface area (Å²) in [5.41, 5.74) is 2.77. The highest BCUT2D eigenvalue weighted by Gasteiger charge is 2.33. The number of rotatable bonds is 4. The van der Waals surface area contributed by atoms with Gasteiger partial charge in [-0.05, 0) is 31.4 Å². The molecule has 26 heavy (non-hydrogen) atoms. The number of aryl methyl sites for hydroxylation is 1. The van der Waals surface area contributed by atoms with Gasteiger partial charge in [-0.2, -0.15) is 5.10 Å². The predicted molar refractivity (Wildman–Crippen MR) is 97.3 cm³/mol. The van der Waals surface area contributed by atoms with E-state index >= 15 is 0 Å². The average Bonchev–Trinajstić information content (AvgIpc) is 3.23. The summed E-state index contributed by atoms with van der Waals surface area (Å²) >= 11 is 0. The van der Waals surface area contributed by atoms with Crippen LogP contribution in [0.25, 0.3) is 5.69 Å². The minimum atomic E-state index is -0.0114. The van der Waals surface area contributed by atoms with Crippen molar-refractivity contribution in [2.45, 2.75) is 44.2 Å². The maximum atomic E-state index is 13.0. The van der Waals surface area contributed by atoms with Crippen LogP contribution < -0.4 is 5.32 Å². The van der Waals surface area contributed by atoms with E-state index in [1.807, 2.05) is 47.4 Å². The fourth-order valence-corrected chi connectivity index (χ4v) is 3.80. The lowest BCUT2D eigenvalue weighted by Crippen LogP contribution is -2.41. The Balaban J connectivity index is 1.40. The second kappa shape index (κ2) is 6.12. The molecule has 1 aliphatic heterocycles. The molecule has 0 radical (unpaired) electrons. The molecule has 0 unspecified atom stereocenters. The molecule has 3 heterocycles. The van der Waals surface area contributed by atoms with Crippen LogP contribution in [0.5, 0.6) is 0 Å². The van der Waals surface area contributed by atoms with E-state index in [0.717, 1.165) is 49.4 Å². The summed E-state index contributed by atoms with van der Waals surface area (Å²) in [5, 5.41) is 7.74. The molecule has 1 aromatic carbocycles. The van der Waals surface area contributed by atoms with Crippen molar-refractivity contribution in [2.75, 3.05) is 0 Å². The van der Waals surface area contributed by atoms with Gasteiger partial charge in [-0.1, -0.05) is 18.2 Å². The van der Waals surface area contributed by atoms with Gasteiger partial charge in [-0.3, -0.25) is 4.79 Å². The quantitative estimate of drug-likeness (QED) is 0.789. The number of aromatic nitrogens is 4. The lowest BCUT2D eigenvalue weighted by molar-refractivity contribution is 0.0926. The highest BCUT2D eigenvalue weighted by molar-refractivity contribution is 5.95. The van der Waals surface area contributed by atoms with Gasteiger partial charge >= 0.3 is 0 Å². The van der Waals surface area contributed by atoms with Crippen molar-refractivity contribution >= 4 is 5.91 Å². The standard InChI is InChI=1S/C20H21N5O/c26-20(23-15-8-9-18-21-10-11-24(18)13-15)17-12-22-25(19(17)14-6-7-14)16-4-2-1-3-5-16/h1-5,10-12,14-15H,6-9,13H2,(H,23,26)/t15-/m0/s1. The Bertz CT molecular complexity index is 938. The van der Waals surface area contributed by atoms with Gasteiger partial charge in [0.05, 0.1) is 23.1 Å². The largest absolute Gasteiger partial charge is 0.347 e. The van der Waals surface area contributed by atoms with Gasteiger partial charge in [-0.15, -0.1) is 0 Å². The van der Waals surface area contributed by atoms with Gasteiger partial charge in [0.1, 0.15) is 5.82 Å². The SMILES string of the molecule is O=C(N[C@H]1CCc2nccn2C1)c1cnn(-c2ccccc2)c1C1CC1. The summed E-state index contributed by atoms with van der Waals surface area (Å²) in [6, 6.07) is 10.2. The summed E-state index contributed by atoms with van der Waals surface area (Å²) in [6.45, 7) is 0.784. The predicted octanol–water partition coefficient (Wildman–Crippen LogP) is 2.69. The first-order chi connectivity index (χ1) is 12.8. The van der Waals surface area contributed by atoms with E-state index in [9.17, 15) is 4.79 Å². The van der Waals surface area contributed by atoms with Crippen molar-refractivity contribution in [3.63, 3.8) is 0 Å². The fraction of sp³-hybridized carbons (Fsp3) is 0.350. The summed E-state index contributed by atoms with van der Waals surface area (Å²) in [7, 11) is 0. The smallest absolute Gasteiger partial charge is 0.255 e. The Kier molecular flexibility index (Phi) is 3.62. The zero-order chi connectivity index (χ0) is 17.5. The van der Waals surface area contributed by atoms with Crippen molar-refractivity contribution in [2.24, 2.45) is 0 Å². The molecule has 1 saturated carbocycles. The minimum Gasteiger partial charge on any atom is -0.347 e. The third-order valence-corrected chi connectivity index (χ3v) is 5.29. The molecule has 0 spiro atoms. The molecular weight excluding hydrogens is 326 g/mol. The van der Waals surface area contributed by atoms with E-state index in [2.05, 4.69) is 20.0 Å². The summed E-state index contributed by atoms with van der Waals surface area (Å²) in [6.07, 6.45) is 9.61. The number of carbonyl (C=O) groups is 1. The zero-order valence-corrected chi connectivity index (χ0v) is 14.5. The molecule has 2 aliphatic rings. The van der Waals surface area contributed by atoms with Crippen LogP contribution in [0.15, 0.2) is 48.9 Å². The van der Waals surface area contributed by atoms with Gasteiger partial charge in [0.25, 0.3) is 5.91 Å². The van der Waals surface area contributed by atoms with E-state index in [0.29, 0.717) is 11.5 Å². The zero-order valence-electron chi connectivity index (χ0n) is 14.5. The maximum Gasteiger partial charge on any atom is 0.255 e. The average molecular weight is 347 g/mol. The van der Waals surface area contributed by atoms with Crippen LogP contribution >= 0.6 is 0 Å². The molecule has 132 valence electrons. The molecular formula is C20H21N5O. The number of nitrogens with one attached hydrogen (secondary N) is 1. The number of amides is 1. The van der Waals surface area contributed by atoms with E-state index in [1.165, 1.54) is 0 Å².